The second kappa shape index (κ2) is 7.29. The molecule has 0 fully saturated rings. The Hall–Kier alpha value is -2.08. The fourth-order valence-electron chi connectivity index (χ4n) is 1.60. The van der Waals surface area contributed by atoms with E-state index in [2.05, 4.69) is 10.8 Å². The maximum Gasteiger partial charge on any atom is 0.305 e. The van der Waals surface area contributed by atoms with Gasteiger partial charge in [-0.05, 0) is 30.0 Å². The molecule has 0 aromatic heterocycles. The summed E-state index contributed by atoms with van der Waals surface area (Å²) in [5.74, 6) is 0.0789. The van der Waals surface area contributed by atoms with E-state index in [1.54, 1.807) is 6.07 Å². The standard InChI is InChI=1S/C15H17NO2/c1-12(9-15(17)18-2)5-3-6-13-7-4-8-14(10-13)11-16/h3-4,6-8,10,12H,5,9H2,1-2H3. The zero-order chi connectivity index (χ0) is 13.4. The van der Waals surface area contributed by atoms with Gasteiger partial charge in [-0.15, -0.1) is 0 Å². The number of carbonyl (C=O) groups is 1. The summed E-state index contributed by atoms with van der Waals surface area (Å²) in [5.41, 5.74) is 1.65. The van der Waals surface area contributed by atoms with Crippen molar-refractivity contribution in [1.82, 2.24) is 0 Å². The van der Waals surface area contributed by atoms with Crippen molar-refractivity contribution in [1.29, 1.82) is 5.26 Å². The van der Waals surface area contributed by atoms with Gasteiger partial charge < -0.3 is 4.74 Å². The molecule has 0 saturated heterocycles. The van der Waals surface area contributed by atoms with Crippen LogP contribution in [0.1, 0.15) is 30.9 Å². The highest BCUT2D eigenvalue weighted by Gasteiger charge is 2.06. The number of hydrogen-bond donors (Lipinski definition) is 0. The molecule has 0 heterocycles. The lowest BCUT2D eigenvalue weighted by Gasteiger charge is -2.06. The number of ether oxygens (including phenoxy) is 1. The Bertz CT molecular complexity index is 472. The van der Waals surface area contributed by atoms with Crippen LogP contribution in [-0.2, 0) is 9.53 Å². The van der Waals surface area contributed by atoms with Crippen LogP contribution in [0.2, 0.25) is 0 Å². The van der Waals surface area contributed by atoms with Crippen LogP contribution in [0.4, 0.5) is 0 Å². The van der Waals surface area contributed by atoms with E-state index in [4.69, 9.17) is 5.26 Å². The van der Waals surface area contributed by atoms with Crippen molar-refractivity contribution in [2.45, 2.75) is 19.8 Å². The molecule has 1 aromatic carbocycles. The molecule has 0 saturated carbocycles. The lowest BCUT2D eigenvalue weighted by Crippen LogP contribution is -2.06. The third kappa shape index (κ3) is 4.84. The molecule has 0 radical (unpaired) electrons. The molecule has 1 atom stereocenters. The van der Waals surface area contributed by atoms with E-state index in [-0.39, 0.29) is 11.9 Å². The number of hydrogen-bond acceptors (Lipinski definition) is 3. The van der Waals surface area contributed by atoms with Crippen LogP contribution >= 0.6 is 0 Å². The normalized spacial score (nSPS) is 12.1. The third-order valence-electron chi connectivity index (χ3n) is 2.61. The molecule has 1 rings (SSSR count). The van der Waals surface area contributed by atoms with Gasteiger partial charge in [-0.25, -0.2) is 0 Å². The fraction of sp³-hybridized carbons (Fsp3) is 0.333. The summed E-state index contributed by atoms with van der Waals surface area (Å²) in [6.45, 7) is 2.01. The van der Waals surface area contributed by atoms with Crippen LogP contribution in [0.15, 0.2) is 30.3 Å². The maximum atomic E-state index is 11.1. The highest BCUT2D eigenvalue weighted by Crippen LogP contribution is 2.12. The second-order valence-electron chi connectivity index (χ2n) is 4.26. The Kier molecular flexibility index (Phi) is 5.66. The lowest BCUT2D eigenvalue weighted by molar-refractivity contribution is -0.141. The minimum absolute atomic E-state index is 0.178. The molecule has 0 bridgehead atoms. The van der Waals surface area contributed by atoms with E-state index in [9.17, 15) is 4.79 Å². The smallest absolute Gasteiger partial charge is 0.305 e. The van der Waals surface area contributed by atoms with Gasteiger partial charge in [-0.1, -0.05) is 31.2 Å². The Morgan fingerprint density at radius 1 is 1.56 bits per heavy atom. The topological polar surface area (TPSA) is 50.1 Å². The quantitative estimate of drug-likeness (QED) is 0.746. The molecule has 3 heteroatoms. The van der Waals surface area contributed by atoms with Gasteiger partial charge in [0.15, 0.2) is 0 Å². The van der Waals surface area contributed by atoms with Gasteiger partial charge in [-0.2, -0.15) is 5.26 Å². The monoisotopic (exact) mass is 243 g/mol. The van der Waals surface area contributed by atoms with Crippen molar-refractivity contribution in [3.05, 3.63) is 41.5 Å². The molecule has 0 spiro atoms. The minimum atomic E-state index is -0.178. The molecular formula is C15H17NO2. The first-order chi connectivity index (χ1) is 8.65. The molecule has 1 aromatic rings. The van der Waals surface area contributed by atoms with Crippen LogP contribution in [-0.4, -0.2) is 13.1 Å². The van der Waals surface area contributed by atoms with Crippen LogP contribution < -0.4 is 0 Å². The van der Waals surface area contributed by atoms with E-state index >= 15 is 0 Å². The van der Waals surface area contributed by atoms with Crippen LogP contribution in [0.3, 0.4) is 0 Å². The third-order valence-corrected chi connectivity index (χ3v) is 2.61. The van der Waals surface area contributed by atoms with Gasteiger partial charge in [0.05, 0.1) is 18.7 Å². The van der Waals surface area contributed by atoms with Crippen molar-refractivity contribution >= 4 is 12.0 Å². The Morgan fingerprint density at radius 3 is 3.00 bits per heavy atom. The number of allylic oxidation sites excluding steroid dienone is 1. The van der Waals surface area contributed by atoms with Crippen molar-refractivity contribution in [3.8, 4) is 6.07 Å². The first kappa shape index (κ1) is 14.0. The summed E-state index contributed by atoms with van der Waals surface area (Å²) < 4.78 is 4.62. The number of carbonyl (C=O) groups excluding carboxylic acids is 1. The van der Waals surface area contributed by atoms with Gasteiger partial charge in [0.1, 0.15) is 0 Å². The zero-order valence-corrected chi connectivity index (χ0v) is 10.7. The SMILES string of the molecule is COC(=O)CC(C)CC=Cc1cccc(C#N)c1. The molecule has 1 unspecified atom stereocenters. The number of benzene rings is 1. The lowest BCUT2D eigenvalue weighted by atomic mass is 10.0. The van der Waals surface area contributed by atoms with Gasteiger partial charge in [-0.3, -0.25) is 4.79 Å². The van der Waals surface area contributed by atoms with E-state index in [0.29, 0.717) is 12.0 Å². The Morgan fingerprint density at radius 2 is 2.33 bits per heavy atom. The summed E-state index contributed by atoms with van der Waals surface area (Å²) in [4.78, 5) is 11.1. The van der Waals surface area contributed by atoms with E-state index in [1.807, 2.05) is 37.3 Å². The van der Waals surface area contributed by atoms with Crippen molar-refractivity contribution < 1.29 is 9.53 Å². The van der Waals surface area contributed by atoms with E-state index in [1.165, 1.54) is 7.11 Å². The molecule has 0 aliphatic rings. The molecule has 3 nitrogen and oxygen atoms in total. The van der Waals surface area contributed by atoms with E-state index < -0.39 is 0 Å². The van der Waals surface area contributed by atoms with Crippen LogP contribution in [0.5, 0.6) is 0 Å². The molecule has 0 aliphatic carbocycles. The maximum absolute atomic E-state index is 11.1. The van der Waals surface area contributed by atoms with Crippen LogP contribution in [0.25, 0.3) is 6.08 Å². The first-order valence-electron chi connectivity index (χ1n) is 5.89. The second-order valence-corrected chi connectivity index (χ2v) is 4.26. The average molecular weight is 243 g/mol. The van der Waals surface area contributed by atoms with Crippen molar-refractivity contribution in [2.75, 3.05) is 7.11 Å². The van der Waals surface area contributed by atoms with Gasteiger partial charge in [0, 0.05) is 6.42 Å². The van der Waals surface area contributed by atoms with Gasteiger partial charge in [0.2, 0.25) is 0 Å². The summed E-state index contributed by atoms with van der Waals surface area (Å²) in [6.07, 6.45) is 5.23. The Labute approximate surface area is 108 Å². The van der Waals surface area contributed by atoms with Gasteiger partial charge >= 0.3 is 5.97 Å². The molecule has 0 aliphatic heterocycles. The highest BCUT2D eigenvalue weighted by molar-refractivity contribution is 5.69. The number of rotatable bonds is 5. The highest BCUT2D eigenvalue weighted by atomic mass is 16.5. The predicted molar refractivity (Wildman–Crippen MR) is 70.6 cm³/mol. The summed E-state index contributed by atoms with van der Waals surface area (Å²) in [6, 6.07) is 9.52. The van der Waals surface area contributed by atoms with Crippen molar-refractivity contribution in [2.24, 2.45) is 5.92 Å². The zero-order valence-electron chi connectivity index (χ0n) is 10.7. The van der Waals surface area contributed by atoms with Crippen LogP contribution in [0, 0.1) is 17.2 Å². The first-order valence-corrected chi connectivity index (χ1v) is 5.89. The fourth-order valence-corrected chi connectivity index (χ4v) is 1.60. The van der Waals surface area contributed by atoms with E-state index in [0.717, 1.165) is 12.0 Å². The largest absolute Gasteiger partial charge is 0.469 e. The molecule has 0 N–H and O–H groups in total. The number of nitriles is 1. The Balaban J connectivity index is 2.49. The minimum Gasteiger partial charge on any atom is -0.469 e. The number of nitrogens with zero attached hydrogens (tertiary/aromatic N) is 1. The predicted octanol–water partition coefficient (Wildman–Crippen LogP) is 3.16. The molecular weight excluding hydrogens is 226 g/mol. The van der Waals surface area contributed by atoms with Gasteiger partial charge in [0.25, 0.3) is 0 Å². The summed E-state index contributed by atoms with van der Waals surface area (Å²) in [5, 5.41) is 8.78. The summed E-state index contributed by atoms with van der Waals surface area (Å²) in [7, 11) is 1.40. The molecule has 0 amide bonds. The number of methoxy groups -OCH3 is 1. The summed E-state index contributed by atoms with van der Waals surface area (Å²) >= 11 is 0. The average Bonchev–Trinajstić information content (AvgIpc) is 2.38. The molecule has 94 valence electrons. The van der Waals surface area contributed by atoms with Crippen molar-refractivity contribution in [3.63, 3.8) is 0 Å². The number of esters is 1. The molecule has 18 heavy (non-hydrogen) atoms.